The minimum atomic E-state index is -0.235. The topological polar surface area (TPSA) is 63.8 Å². The van der Waals surface area contributed by atoms with E-state index in [-0.39, 0.29) is 10.3 Å². The Morgan fingerprint density at radius 2 is 2.44 bits per heavy atom. The number of aromatic nitrogens is 2. The summed E-state index contributed by atoms with van der Waals surface area (Å²) in [5.41, 5.74) is -0.235. The Morgan fingerprint density at radius 3 is 2.89 bits per heavy atom. The van der Waals surface area contributed by atoms with Crippen LogP contribution in [-0.4, -0.2) is 9.66 Å². The lowest BCUT2D eigenvalue weighted by Crippen LogP contribution is -2.16. The lowest BCUT2D eigenvalue weighted by molar-refractivity contribution is 0.895. The van der Waals surface area contributed by atoms with Crippen LogP contribution >= 0.6 is 12.2 Å². The van der Waals surface area contributed by atoms with Crippen molar-refractivity contribution in [3.8, 4) is 0 Å². The predicted molar refractivity (Wildman–Crippen MR) is 36.0 cm³/mol. The maximum atomic E-state index is 10.5. The molecule has 3 N–H and O–H groups in total. The molecule has 1 aromatic heterocycles. The van der Waals surface area contributed by atoms with Crippen LogP contribution in [0.5, 0.6) is 0 Å². The van der Waals surface area contributed by atoms with Gasteiger partial charge in [-0.25, -0.2) is 4.68 Å². The Kier molecular flexibility index (Phi) is 1.35. The molecule has 0 atom stereocenters. The van der Waals surface area contributed by atoms with Crippen molar-refractivity contribution in [1.29, 1.82) is 0 Å². The first-order valence-corrected chi connectivity index (χ1v) is 2.68. The Bertz CT molecular complexity index is 312. The lowest BCUT2D eigenvalue weighted by atomic mass is 10.7. The summed E-state index contributed by atoms with van der Waals surface area (Å²) in [5.74, 6) is 5.23. The molecule has 0 bridgehead atoms. The van der Waals surface area contributed by atoms with E-state index in [4.69, 9.17) is 5.84 Å². The van der Waals surface area contributed by atoms with Gasteiger partial charge in [-0.05, 0) is 12.2 Å². The number of nitrogens with one attached hydrogen (secondary N) is 1. The van der Waals surface area contributed by atoms with Gasteiger partial charge in [-0.1, -0.05) is 0 Å². The second-order valence-corrected chi connectivity index (χ2v) is 1.90. The van der Waals surface area contributed by atoms with Crippen LogP contribution in [0.25, 0.3) is 0 Å². The monoisotopic (exact) mass is 143 g/mol. The normalized spacial score (nSPS) is 9.33. The maximum absolute atomic E-state index is 10.5. The molecule has 0 aromatic carbocycles. The minimum Gasteiger partial charge on any atom is -0.337 e. The number of nitrogen functional groups attached to an aromatic ring is 1. The molecule has 0 aliphatic rings. The molecule has 0 saturated heterocycles. The van der Waals surface area contributed by atoms with Crippen LogP contribution < -0.4 is 11.4 Å². The molecule has 0 radical (unpaired) electrons. The number of hydrogen-bond acceptors (Lipinski definition) is 3. The molecule has 5 heteroatoms. The summed E-state index contributed by atoms with van der Waals surface area (Å²) in [4.78, 5) is 12.8. The zero-order valence-electron chi connectivity index (χ0n) is 4.50. The number of aromatic amines is 1. The van der Waals surface area contributed by atoms with Crippen molar-refractivity contribution in [3.05, 3.63) is 27.4 Å². The summed E-state index contributed by atoms with van der Waals surface area (Å²) < 4.78 is 1.39. The van der Waals surface area contributed by atoms with Gasteiger partial charge in [0.25, 0.3) is 5.56 Å². The van der Waals surface area contributed by atoms with Crippen molar-refractivity contribution in [2.24, 2.45) is 0 Å². The zero-order chi connectivity index (χ0) is 6.85. The summed E-state index contributed by atoms with van der Waals surface area (Å²) in [6, 6.07) is 1.30. The average Bonchev–Trinajstić information content (AvgIpc) is 1.80. The van der Waals surface area contributed by atoms with E-state index in [1.54, 1.807) is 0 Å². The van der Waals surface area contributed by atoms with Gasteiger partial charge in [0.15, 0.2) is 4.77 Å². The highest BCUT2D eigenvalue weighted by Gasteiger charge is 1.82. The van der Waals surface area contributed by atoms with E-state index in [9.17, 15) is 4.79 Å². The summed E-state index contributed by atoms with van der Waals surface area (Å²) in [7, 11) is 0. The SMILES string of the molecule is Nn1ccc(=O)[nH]c1=S. The molecular formula is C4H5N3OS. The molecule has 0 fully saturated rings. The number of H-pyrrole nitrogens is 1. The van der Waals surface area contributed by atoms with E-state index in [1.807, 2.05) is 0 Å². The fourth-order valence-corrected chi connectivity index (χ4v) is 0.589. The molecule has 1 aromatic rings. The fourth-order valence-electron chi connectivity index (χ4n) is 0.427. The highest BCUT2D eigenvalue weighted by Crippen LogP contribution is 1.73. The Morgan fingerprint density at radius 1 is 1.78 bits per heavy atom. The van der Waals surface area contributed by atoms with Gasteiger partial charge in [0.1, 0.15) is 0 Å². The third-order valence-corrected chi connectivity index (χ3v) is 1.16. The summed E-state index contributed by atoms with van der Waals surface area (Å²) >= 11 is 4.62. The van der Waals surface area contributed by atoms with E-state index in [0.29, 0.717) is 0 Å². The first-order chi connectivity index (χ1) is 4.20. The molecule has 48 valence electrons. The van der Waals surface area contributed by atoms with Crippen molar-refractivity contribution in [2.75, 3.05) is 5.84 Å². The number of nitrogens with zero attached hydrogens (tertiary/aromatic N) is 1. The van der Waals surface area contributed by atoms with Gasteiger partial charge in [0, 0.05) is 12.3 Å². The van der Waals surface area contributed by atoms with Crippen molar-refractivity contribution in [3.63, 3.8) is 0 Å². The Hall–Kier alpha value is -1.10. The number of hydrogen-bond donors (Lipinski definition) is 2. The van der Waals surface area contributed by atoms with Crippen molar-refractivity contribution < 1.29 is 0 Å². The molecule has 1 heterocycles. The van der Waals surface area contributed by atoms with Crippen LogP contribution in [0.2, 0.25) is 0 Å². The van der Waals surface area contributed by atoms with Crippen molar-refractivity contribution in [1.82, 2.24) is 9.66 Å². The van der Waals surface area contributed by atoms with Gasteiger partial charge in [0.2, 0.25) is 0 Å². The third-order valence-electron chi connectivity index (χ3n) is 0.851. The molecule has 9 heavy (non-hydrogen) atoms. The molecule has 0 amide bonds. The lowest BCUT2D eigenvalue weighted by Gasteiger charge is -1.92. The van der Waals surface area contributed by atoms with Gasteiger partial charge >= 0.3 is 0 Å². The van der Waals surface area contributed by atoms with Gasteiger partial charge in [0.05, 0.1) is 0 Å². The van der Waals surface area contributed by atoms with E-state index < -0.39 is 0 Å². The zero-order valence-corrected chi connectivity index (χ0v) is 5.31. The van der Waals surface area contributed by atoms with Gasteiger partial charge in [-0.3, -0.25) is 9.78 Å². The highest BCUT2D eigenvalue weighted by atomic mass is 32.1. The van der Waals surface area contributed by atoms with Crippen LogP contribution in [0.3, 0.4) is 0 Å². The minimum absolute atomic E-state index is 0.225. The standard InChI is InChI=1S/C4H5N3OS/c5-7-2-1-3(8)6-4(7)9/h1-2H,5H2,(H,6,8,9). The molecule has 0 aliphatic carbocycles. The predicted octanol–water partition coefficient (Wildman–Crippen LogP) is -0.380. The van der Waals surface area contributed by atoms with Gasteiger partial charge in [-0.2, -0.15) is 0 Å². The molecule has 4 nitrogen and oxygen atoms in total. The highest BCUT2D eigenvalue weighted by molar-refractivity contribution is 7.71. The first kappa shape index (κ1) is 6.03. The number of rotatable bonds is 0. The largest absolute Gasteiger partial charge is 0.337 e. The quantitative estimate of drug-likeness (QED) is 0.384. The molecule has 0 saturated carbocycles. The fraction of sp³-hybridized carbons (Fsp3) is 0. The van der Waals surface area contributed by atoms with Crippen LogP contribution in [0.4, 0.5) is 0 Å². The Labute approximate surface area is 55.9 Å². The van der Waals surface area contributed by atoms with Gasteiger partial charge in [-0.15, -0.1) is 0 Å². The van der Waals surface area contributed by atoms with Crippen molar-refractivity contribution in [2.45, 2.75) is 0 Å². The molecule has 0 unspecified atom stereocenters. The van der Waals surface area contributed by atoms with Crippen LogP contribution in [0.15, 0.2) is 17.1 Å². The molecular weight excluding hydrogens is 138 g/mol. The van der Waals surface area contributed by atoms with E-state index in [1.165, 1.54) is 12.3 Å². The van der Waals surface area contributed by atoms with E-state index in [2.05, 4.69) is 17.2 Å². The van der Waals surface area contributed by atoms with Crippen molar-refractivity contribution >= 4 is 12.2 Å². The first-order valence-electron chi connectivity index (χ1n) is 2.27. The summed E-state index contributed by atoms with van der Waals surface area (Å²) in [5, 5.41) is 0. The van der Waals surface area contributed by atoms with Gasteiger partial charge < -0.3 is 5.84 Å². The second kappa shape index (κ2) is 2.02. The number of nitrogens with two attached hydrogens (primary N) is 1. The molecule has 0 aliphatic heterocycles. The second-order valence-electron chi connectivity index (χ2n) is 1.52. The third kappa shape index (κ3) is 1.17. The van der Waals surface area contributed by atoms with Crippen LogP contribution in [0.1, 0.15) is 0 Å². The van der Waals surface area contributed by atoms with Crippen LogP contribution in [0, 0.1) is 4.77 Å². The molecule has 0 spiro atoms. The van der Waals surface area contributed by atoms with Crippen LogP contribution in [-0.2, 0) is 0 Å². The molecule has 1 rings (SSSR count). The smallest absolute Gasteiger partial charge is 0.251 e. The average molecular weight is 143 g/mol. The Balaban J connectivity index is 3.52. The summed E-state index contributed by atoms with van der Waals surface area (Å²) in [6.45, 7) is 0. The summed E-state index contributed by atoms with van der Waals surface area (Å²) in [6.07, 6.45) is 1.40. The van der Waals surface area contributed by atoms with E-state index >= 15 is 0 Å². The van der Waals surface area contributed by atoms with E-state index in [0.717, 1.165) is 4.68 Å². The maximum Gasteiger partial charge on any atom is 0.251 e.